The molecule has 0 bridgehead atoms. The van der Waals surface area contributed by atoms with Gasteiger partial charge in [0.25, 0.3) is 5.91 Å². The number of carboxylic acid groups (broad SMARTS) is 1. The van der Waals surface area contributed by atoms with Gasteiger partial charge in [-0.1, -0.05) is 63.9 Å². The fourth-order valence-corrected chi connectivity index (χ4v) is 7.26. The Labute approximate surface area is 247 Å². The number of carboxylic acids is 1. The molecule has 2 atom stereocenters. The lowest BCUT2D eigenvalue weighted by atomic mass is 10.0. The second kappa shape index (κ2) is 13.6. The van der Waals surface area contributed by atoms with Gasteiger partial charge in [0.2, 0.25) is 9.84 Å². The molecule has 40 heavy (non-hydrogen) atoms. The zero-order chi connectivity index (χ0) is 28.7. The zero-order valence-electron chi connectivity index (χ0n) is 21.6. The van der Waals surface area contributed by atoms with Crippen molar-refractivity contribution in [3.8, 4) is 5.75 Å². The summed E-state index contributed by atoms with van der Waals surface area (Å²) < 4.78 is 33.8. The van der Waals surface area contributed by atoms with Gasteiger partial charge in [-0.25, -0.2) is 8.42 Å². The largest absolute Gasteiger partial charge is 0.492 e. The molecule has 1 aliphatic rings. The van der Waals surface area contributed by atoms with Crippen LogP contribution in [0.4, 0.5) is 0 Å². The van der Waals surface area contributed by atoms with Gasteiger partial charge in [-0.3, -0.25) is 14.9 Å². The van der Waals surface area contributed by atoms with Crippen LogP contribution in [0.25, 0.3) is 0 Å². The molecule has 3 N–H and O–H groups in total. The maximum Gasteiger partial charge on any atom is 0.305 e. The highest BCUT2D eigenvalue weighted by Gasteiger charge is 2.36. The van der Waals surface area contributed by atoms with Gasteiger partial charge in [0.05, 0.1) is 16.3 Å². The summed E-state index contributed by atoms with van der Waals surface area (Å²) in [4.78, 5) is 24.8. The maximum absolute atomic E-state index is 13.7. The monoisotopic (exact) mass is 648 g/mol. The number of rotatable bonds is 13. The molecule has 1 amide bonds. The minimum absolute atomic E-state index is 0.0326. The second-order valence-corrected chi connectivity index (χ2v) is 12.9. The first-order valence-corrected chi connectivity index (χ1v) is 15.6. The zero-order valence-corrected chi connectivity index (χ0v) is 24.8. The number of nitrogens with one attached hydrogen (secondary N) is 2. The number of carbonyl (C=O) groups is 2. The van der Waals surface area contributed by atoms with E-state index in [0.29, 0.717) is 10.2 Å². The highest BCUT2D eigenvalue weighted by Crippen LogP contribution is 2.28. The van der Waals surface area contributed by atoms with Gasteiger partial charge in [-0.2, -0.15) is 0 Å². The van der Waals surface area contributed by atoms with E-state index in [-0.39, 0.29) is 35.9 Å². The number of aliphatic carboxylic acids is 1. The van der Waals surface area contributed by atoms with Crippen LogP contribution >= 0.6 is 27.5 Å². The second-order valence-electron chi connectivity index (χ2n) is 9.58. The van der Waals surface area contributed by atoms with Gasteiger partial charge in [0.15, 0.2) is 5.37 Å². The molecular weight excluding hydrogens is 620 g/mol. The van der Waals surface area contributed by atoms with Gasteiger partial charge in [-0.05, 0) is 72.7 Å². The van der Waals surface area contributed by atoms with Crippen LogP contribution in [0, 0.1) is 0 Å². The molecule has 0 spiro atoms. The van der Waals surface area contributed by atoms with Crippen molar-refractivity contribution < 1.29 is 27.9 Å². The number of halogens is 2. The predicted octanol–water partition coefficient (Wildman–Crippen LogP) is 4.56. The van der Waals surface area contributed by atoms with E-state index >= 15 is 0 Å². The standard InChI is InChI=1S/C29H30BrClN2O6S/c30-22-10-12-26(25(31)17-22)40(37,38)29(32-13-14-39-24-11-9-20-7-4-8-21(20)16-24)28(36)33-23(18-27(34)35)15-19-5-2-1-3-6-19/h1-3,5-6,9-12,16-17,23,29,32H,4,7-8,13-15,18H2,(H,33,36)(H,34,35)/t23-,29?/m0/s1. The highest BCUT2D eigenvalue weighted by molar-refractivity contribution is 9.10. The number of amides is 1. The fourth-order valence-electron chi connectivity index (χ4n) is 4.73. The van der Waals surface area contributed by atoms with E-state index in [9.17, 15) is 23.1 Å². The molecule has 8 nitrogen and oxygen atoms in total. The lowest BCUT2D eigenvalue weighted by Crippen LogP contribution is -2.53. The van der Waals surface area contributed by atoms with E-state index in [1.807, 2.05) is 36.4 Å². The summed E-state index contributed by atoms with van der Waals surface area (Å²) in [5, 5.41) is 13.1. The number of benzene rings is 3. The molecule has 11 heteroatoms. The Morgan fingerprint density at radius 2 is 1.77 bits per heavy atom. The van der Waals surface area contributed by atoms with E-state index in [1.165, 1.54) is 29.3 Å². The van der Waals surface area contributed by atoms with Gasteiger partial charge >= 0.3 is 5.97 Å². The van der Waals surface area contributed by atoms with Crippen molar-refractivity contribution in [2.75, 3.05) is 13.2 Å². The Kier molecular flexibility index (Phi) is 10.2. The van der Waals surface area contributed by atoms with E-state index in [4.69, 9.17) is 16.3 Å². The van der Waals surface area contributed by atoms with Crippen LogP contribution in [0.1, 0.15) is 29.5 Å². The first-order valence-electron chi connectivity index (χ1n) is 12.9. The highest BCUT2D eigenvalue weighted by atomic mass is 79.9. The molecule has 212 valence electrons. The number of fused-ring (bicyclic) bond motifs is 1. The van der Waals surface area contributed by atoms with Gasteiger partial charge in [0.1, 0.15) is 12.4 Å². The molecule has 3 aromatic carbocycles. The average molecular weight is 650 g/mol. The van der Waals surface area contributed by atoms with Crippen molar-refractivity contribution in [1.82, 2.24) is 10.6 Å². The van der Waals surface area contributed by atoms with E-state index in [1.54, 1.807) is 12.1 Å². The molecule has 0 heterocycles. The molecule has 1 unspecified atom stereocenters. The Bertz CT molecular complexity index is 1470. The SMILES string of the molecule is O=C(O)C[C@H](Cc1ccccc1)NC(=O)C(NCCOc1ccc2c(c1)CCC2)S(=O)(=O)c1ccc(Br)cc1Cl. The normalized spacial score (nSPS) is 14.2. The molecule has 3 aromatic rings. The summed E-state index contributed by atoms with van der Waals surface area (Å²) in [5.41, 5.74) is 3.37. The van der Waals surface area contributed by atoms with Crippen LogP contribution < -0.4 is 15.4 Å². The molecule has 0 aliphatic heterocycles. The summed E-state index contributed by atoms with van der Waals surface area (Å²) >= 11 is 9.52. The Morgan fingerprint density at radius 3 is 2.50 bits per heavy atom. The van der Waals surface area contributed by atoms with Crippen molar-refractivity contribution in [3.63, 3.8) is 0 Å². The smallest absolute Gasteiger partial charge is 0.305 e. The number of ether oxygens (including phenoxy) is 1. The quantitative estimate of drug-likeness (QED) is 0.232. The lowest BCUT2D eigenvalue weighted by molar-refractivity contribution is -0.137. The van der Waals surface area contributed by atoms with Gasteiger partial charge in [-0.15, -0.1) is 0 Å². The number of hydrogen-bond acceptors (Lipinski definition) is 6. The van der Waals surface area contributed by atoms with Crippen molar-refractivity contribution in [2.45, 2.75) is 48.4 Å². The lowest BCUT2D eigenvalue weighted by Gasteiger charge is -2.23. The Balaban J connectivity index is 1.51. The van der Waals surface area contributed by atoms with Crippen molar-refractivity contribution in [3.05, 3.63) is 92.9 Å². The summed E-state index contributed by atoms with van der Waals surface area (Å²) in [5.74, 6) is -1.32. The third kappa shape index (κ3) is 7.84. The number of carbonyl (C=O) groups excluding carboxylic acids is 1. The van der Waals surface area contributed by atoms with Crippen LogP contribution in [0.3, 0.4) is 0 Å². The number of hydrogen-bond donors (Lipinski definition) is 3. The van der Waals surface area contributed by atoms with Crippen LogP contribution in [0.15, 0.2) is 76.1 Å². The molecule has 4 rings (SSSR count). The van der Waals surface area contributed by atoms with Crippen molar-refractivity contribution in [2.24, 2.45) is 0 Å². The van der Waals surface area contributed by atoms with E-state index < -0.39 is 33.1 Å². The van der Waals surface area contributed by atoms with E-state index in [0.717, 1.165) is 24.8 Å². The van der Waals surface area contributed by atoms with Gasteiger partial charge < -0.3 is 15.2 Å². The maximum atomic E-state index is 13.7. The summed E-state index contributed by atoms with van der Waals surface area (Å²) in [6, 6.07) is 18.4. The molecule has 0 aromatic heterocycles. The van der Waals surface area contributed by atoms with E-state index in [2.05, 4.69) is 26.6 Å². The average Bonchev–Trinajstić information content (AvgIpc) is 3.36. The predicted molar refractivity (Wildman–Crippen MR) is 156 cm³/mol. The first kappa shape index (κ1) is 30.0. The first-order chi connectivity index (χ1) is 19.1. The van der Waals surface area contributed by atoms with Crippen molar-refractivity contribution in [1.29, 1.82) is 0 Å². The topological polar surface area (TPSA) is 122 Å². The molecule has 0 radical (unpaired) electrons. The van der Waals surface area contributed by atoms with Crippen LogP contribution in [0.2, 0.25) is 5.02 Å². The number of sulfone groups is 1. The summed E-state index contributed by atoms with van der Waals surface area (Å²) in [7, 11) is -4.33. The Hall–Kier alpha value is -2.92. The molecular formula is C29H30BrClN2O6S. The summed E-state index contributed by atoms with van der Waals surface area (Å²) in [6.07, 6.45) is 3.00. The minimum atomic E-state index is -4.33. The minimum Gasteiger partial charge on any atom is -0.492 e. The van der Waals surface area contributed by atoms with Crippen LogP contribution in [-0.2, 0) is 38.7 Å². The van der Waals surface area contributed by atoms with Crippen LogP contribution in [0.5, 0.6) is 5.75 Å². The third-order valence-electron chi connectivity index (χ3n) is 6.61. The molecule has 0 fully saturated rings. The third-order valence-corrected chi connectivity index (χ3v) is 9.50. The van der Waals surface area contributed by atoms with Crippen molar-refractivity contribution >= 4 is 49.2 Å². The molecule has 1 aliphatic carbocycles. The van der Waals surface area contributed by atoms with Crippen LogP contribution in [-0.4, -0.2) is 50.0 Å². The Morgan fingerprint density at radius 1 is 1.02 bits per heavy atom. The molecule has 0 saturated carbocycles. The summed E-state index contributed by atoms with van der Waals surface area (Å²) in [6.45, 7) is 0.138. The number of aryl methyl sites for hydroxylation is 2. The van der Waals surface area contributed by atoms with Gasteiger partial charge in [0, 0.05) is 17.1 Å². The fraction of sp³-hybridized carbons (Fsp3) is 0.310. The molecule has 0 saturated heterocycles.